The van der Waals surface area contributed by atoms with Crippen molar-refractivity contribution in [1.82, 2.24) is 9.78 Å². The molecule has 27 heavy (non-hydrogen) atoms. The summed E-state index contributed by atoms with van der Waals surface area (Å²) in [5, 5.41) is 4.41. The number of ether oxygens (including phenoxy) is 2. The predicted octanol–water partition coefficient (Wildman–Crippen LogP) is 5.12. The van der Waals surface area contributed by atoms with Crippen LogP contribution in [0.5, 0.6) is 5.75 Å². The summed E-state index contributed by atoms with van der Waals surface area (Å²) in [4.78, 5) is 12.8. The Bertz CT molecular complexity index is 952. The quantitative estimate of drug-likeness (QED) is 0.511. The molecule has 1 atom stereocenters. The van der Waals surface area contributed by atoms with E-state index in [-0.39, 0.29) is 6.10 Å². The van der Waals surface area contributed by atoms with Gasteiger partial charge in [-0.25, -0.2) is 9.48 Å². The van der Waals surface area contributed by atoms with Crippen LogP contribution in [-0.4, -0.2) is 22.9 Å². The molecule has 0 N–H and O–H groups in total. The molecule has 0 saturated heterocycles. The van der Waals surface area contributed by atoms with E-state index in [0.29, 0.717) is 17.7 Å². The number of carbonyl (C=O) groups excluding carboxylic acids is 1. The summed E-state index contributed by atoms with van der Waals surface area (Å²) in [6.45, 7) is 3.84. The SMILES string of the molecule is CCc1c(C(=O)O[C@@H](C)c2ccccc2Br)cnn1-c1ccccc1OC. The molecule has 0 amide bonds. The van der Waals surface area contributed by atoms with Crippen LogP contribution in [0.1, 0.15) is 41.6 Å². The summed E-state index contributed by atoms with van der Waals surface area (Å²) in [6, 6.07) is 15.3. The lowest BCUT2D eigenvalue weighted by molar-refractivity contribution is 0.0335. The molecule has 0 unspecified atom stereocenters. The number of nitrogens with zero attached hydrogens (tertiary/aromatic N) is 2. The molecule has 1 aromatic heterocycles. The van der Waals surface area contributed by atoms with Crippen LogP contribution < -0.4 is 4.74 Å². The summed E-state index contributed by atoms with van der Waals surface area (Å²) in [5.41, 5.74) is 2.95. The third-order valence-corrected chi connectivity index (χ3v) is 5.09. The lowest BCUT2D eigenvalue weighted by Crippen LogP contribution is -2.12. The maximum absolute atomic E-state index is 12.8. The first-order valence-electron chi connectivity index (χ1n) is 8.72. The average molecular weight is 429 g/mol. The number of hydrogen-bond donors (Lipinski definition) is 0. The Morgan fingerprint density at radius 3 is 2.59 bits per heavy atom. The summed E-state index contributed by atoms with van der Waals surface area (Å²) in [7, 11) is 1.61. The highest BCUT2D eigenvalue weighted by Crippen LogP contribution is 2.28. The highest BCUT2D eigenvalue weighted by molar-refractivity contribution is 9.10. The maximum Gasteiger partial charge on any atom is 0.342 e. The van der Waals surface area contributed by atoms with Crippen LogP contribution in [-0.2, 0) is 11.2 Å². The molecular weight excluding hydrogens is 408 g/mol. The topological polar surface area (TPSA) is 53.3 Å². The Morgan fingerprint density at radius 2 is 1.89 bits per heavy atom. The minimum absolute atomic E-state index is 0.382. The zero-order valence-corrected chi connectivity index (χ0v) is 17.1. The Morgan fingerprint density at radius 1 is 1.19 bits per heavy atom. The summed E-state index contributed by atoms with van der Waals surface area (Å²) in [5.74, 6) is 0.299. The molecule has 3 aromatic rings. The number of halogens is 1. The molecule has 1 heterocycles. The molecule has 5 nitrogen and oxygen atoms in total. The van der Waals surface area contributed by atoms with Gasteiger partial charge in [-0.15, -0.1) is 0 Å². The second-order valence-electron chi connectivity index (χ2n) is 6.01. The van der Waals surface area contributed by atoms with Gasteiger partial charge in [0, 0.05) is 10.0 Å². The Hall–Kier alpha value is -2.60. The zero-order chi connectivity index (χ0) is 19.4. The Labute approximate surface area is 167 Å². The molecule has 2 aromatic carbocycles. The number of aromatic nitrogens is 2. The lowest BCUT2D eigenvalue weighted by Gasteiger charge is -2.15. The predicted molar refractivity (Wildman–Crippen MR) is 107 cm³/mol. The second-order valence-corrected chi connectivity index (χ2v) is 6.87. The third-order valence-electron chi connectivity index (χ3n) is 4.36. The second kappa shape index (κ2) is 8.39. The van der Waals surface area contributed by atoms with Crippen LogP contribution in [0, 0.1) is 0 Å². The minimum Gasteiger partial charge on any atom is -0.494 e. The van der Waals surface area contributed by atoms with Crippen LogP contribution in [0.25, 0.3) is 5.69 Å². The van der Waals surface area contributed by atoms with Crippen molar-refractivity contribution in [2.75, 3.05) is 7.11 Å². The van der Waals surface area contributed by atoms with Gasteiger partial charge in [-0.3, -0.25) is 0 Å². The van der Waals surface area contributed by atoms with Gasteiger partial charge < -0.3 is 9.47 Å². The third kappa shape index (κ3) is 3.90. The molecule has 0 aliphatic heterocycles. The molecule has 140 valence electrons. The van der Waals surface area contributed by atoms with Gasteiger partial charge in [0.25, 0.3) is 0 Å². The minimum atomic E-state index is -0.392. The Balaban J connectivity index is 1.90. The van der Waals surface area contributed by atoms with E-state index in [4.69, 9.17) is 9.47 Å². The van der Waals surface area contributed by atoms with Crippen molar-refractivity contribution < 1.29 is 14.3 Å². The van der Waals surface area contributed by atoms with Gasteiger partial charge in [-0.05, 0) is 31.5 Å². The summed E-state index contributed by atoms with van der Waals surface area (Å²) >= 11 is 3.50. The van der Waals surface area contributed by atoms with Gasteiger partial charge in [0.15, 0.2) is 0 Å². The highest BCUT2D eigenvalue weighted by Gasteiger charge is 2.22. The first kappa shape index (κ1) is 19.2. The summed E-state index contributed by atoms with van der Waals surface area (Å²) in [6.07, 6.45) is 1.80. The molecule has 0 aliphatic carbocycles. The van der Waals surface area contributed by atoms with Crippen LogP contribution in [0.3, 0.4) is 0 Å². The van der Waals surface area contributed by atoms with E-state index in [1.54, 1.807) is 18.0 Å². The molecule has 0 saturated carbocycles. The Kier molecular flexibility index (Phi) is 5.96. The van der Waals surface area contributed by atoms with Gasteiger partial charge in [0.05, 0.1) is 19.0 Å². The van der Waals surface area contributed by atoms with E-state index in [0.717, 1.165) is 21.4 Å². The molecule has 0 fully saturated rings. The van der Waals surface area contributed by atoms with Gasteiger partial charge in [-0.1, -0.05) is 53.2 Å². The van der Waals surface area contributed by atoms with E-state index < -0.39 is 5.97 Å². The number of hydrogen-bond acceptors (Lipinski definition) is 4. The largest absolute Gasteiger partial charge is 0.494 e. The monoisotopic (exact) mass is 428 g/mol. The maximum atomic E-state index is 12.8. The van der Waals surface area contributed by atoms with Crippen molar-refractivity contribution in [3.8, 4) is 11.4 Å². The van der Waals surface area contributed by atoms with Crippen molar-refractivity contribution >= 4 is 21.9 Å². The zero-order valence-electron chi connectivity index (χ0n) is 15.5. The first-order valence-corrected chi connectivity index (χ1v) is 9.51. The number of esters is 1. The number of rotatable bonds is 6. The van der Waals surface area contributed by atoms with Crippen LogP contribution >= 0.6 is 15.9 Å². The van der Waals surface area contributed by atoms with Crippen LogP contribution in [0.4, 0.5) is 0 Å². The van der Waals surface area contributed by atoms with Crippen molar-refractivity contribution in [2.45, 2.75) is 26.4 Å². The molecule has 0 bridgehead atoms. The van der Waals surface area contributed by atoms with Gasteiger partial charge >= 0.3 is 5.97 Å². The van der Waals surface area contributed by atoms with Gasteiger partial charge in [0.2, 0.25) is 0 Å². The fourth-order valence-corrected chi connectivity index (χ4v) is 3.60. The van der Waals surface area contributed by atoms with Crippen molar-refractivity contribution in [3.63, 3.8) is 0 Å². The smallest absolute Gasteiger partial charge is 0.342 e. The first-order chi connectivity index (χ1) is 13.1. The van der Waals surface area contributed by atoms with Gasteiger partial charge in [-0.2, -0.15) is 5.10 Å². The van der Waals surface area contributed by atoms with Crippen molar-refractivity contribution in [1.29, 1.82) is 0 Å². The number of methoxy groups -OCH3 is 1. The number of carbonyl (C=O) groups is 1. The van der Waals surface area contributed by atoms with E-state index >= 15 is 0 Å². The van der Waals surface area contributed by atoms with E-state index in [1.165, 1.54) is 0 Å². The van der Waals surface area contributed by atoms with E-state index in [2.05, 4.69) is 21.0 Å². The standard InChI is InChI=1S/C21H21BrN2O3/c1-4-18-16(13-23-24(18)19-11-7-8-12-20(19)26-3)21(25)27-14(2)15-9-5-6-10-17(15)22/h5-14H,4H2,1-3H3/t14-/m0/s1. The molecule has 0 aliphatic rings. The van der Waals surface area contributed by atoms with Crippen LogP contribution in [0.2, 0.25) is 0 Å². The van der Waals surface area contributed by atoms with Crippen LogP contribution in [0.15, 0.2) is 59.2 Å². The molecular formula is C21H21BrN2O3. The number of para-hydroxylation sites is 2. The van der Waals surface area contributed by atoms with E-state index in [9.17, 15) is 4.79 Å². The highest BCUT2D eigenvalue weighted by atomic mass is 79.9. The van der Waals surface area contributed by atoms with Gasteiger partial charge in [0.1, 0.15) is 23.1 Å². The molecule has 6 heteroatoms. The van der Waals surface area contributed by atoms with Crippen molar-refractivity contribution in [2.24, 2.45) is 0 Å². The summed E-state index contributed by atoms with van der Waals surface area (Å²) < 4.78 is 13.8. The van der Waals surface area contributed by atoms with Crippen molar-refractivity contribution in [3.05, 3.63) is 76.0 Å². The number of benzene rings is 2. The van der Waals surface area contributed by atoms with E-state index in [1.807, 2.05) is 62.4 Å². The fourth-order valence-electron chi connectivity index (χ4n) is 2.99. The molecule has 3 rings (SSSR count). The molecule has 0 spiro atoms. The normalized spacial score (nSPS) is 11.9. The molecule has 0 radical (unpaired) electrons. The average Bonchev–Trinajstić information content (AvgIpc) is 3.12. The lowest BCUT2D eigenvalue weighted by atomic mass is 10.1. The fraction of sp³-hybridized carbons (Fsp3) is 0.238.